The smallest absolute Gasteiger partial charge is 0.227 e. The monoisotopic (exact) mass is 342 g/mol. The fraction of sp³-hybridized carbons (Fsp3) is 0.400. The summed E-state index contributed by atoms with van der Waals surface area (Å²) < 4.78 is 18.8. The number of ether oxygens (including phenoxy) is 1. The highest BCUT2D eigenvalue weighted by Crippen LogP contribution is 2.30. The Kier molecular flexibility index (Phi) is 5.64. The number of rotatable bonds is 4. The topological polar surface area (TPSA) is 42.4 Å². The fourth-order valence-electron chi connectivity index (χ4n) is 3.44. The Hall–Kier alpha value is -2.43. The van der Waals surface area contributed by atoms with Gasteiger partial charge in [-0.1, -0.05) is 18.9 Å². The second-order valence-corrected chi connectivity index (χ2v) is 6.38. The zero-order valence-electron chi connectivity index (χ0n) is 14.5. The van der Waals surface area contributed by atoms with Crippen LogP contribution in [-0.2, 0) is 11.2 Å². The number of hydrogen-bond donors (Lipinski definition) is 0. The minimum absolute atomic E-state index is 0.0354. The van der Waals surface area contributed by atoms with Crippen molar-refractivity contribution in [3.63, 3.8) is 0 Å². The average Bonchev–Trinajstić information content (AvgIpc) is 2.89. The second-order valence-electron chi connectivity index (χ2n) is 6.38. The standard InChI is InChI=1S/C20H23FN2O2/c1-25-19-7-6-15(13-17(19)21)14-20(24)23-12-4-2-3-5-18(23)16-8-10-22-11-9-16/h6-11,13,18H,2-5,12,14H2,1H3/t18-/m0/s1. The lowest BCUT2D eigenvalue weighted by Crippen LogP contribution is -2.35. The second kappa shape index (κ2) is 8.10. The molecule has 1 aromatic carbocycles. The van der Waals surface area contributed by atoms with Crippen molar-refractivity contribution >= 4 is 5.91 Å². The van der Waals surface area contributed by atoms with Crippen LogP contribution in [0.15, 0.2) is 42.7 Å². The van der Waals surface area contributed by atoms with Gasteiger partial charge in [-0.25, -0.2) is 4.39 Å². The minimum atomic E-state index is -0.436. The molecule has 0 bridgehead atoms. The fourth-order valence-corrected chi connectivity index (χ4v) is 3.44. The highest BCUT2D eigenvalue weighted by Gasteiger charge is 2.26. The molecule has 2 aromatic rings. The normalized spacial score (nSPS) is 17.8. The summed E-state index contributed by atoms with van der Waals surface area (Å²) in [5.41, 5.74) is 1.78. The molecular formula is C20H23FN2O2. The summed E-state index contributed by atoms with van der Waals surface area (Å²) in [6.07, 6.45) is 7.92. The van der Waals surface area contributed by atoms with Crippen LogP contribution in [0.1, 0.15) is 42.9 Å². The average molecular weight is 342 g/mol. The number of hydrogen-bond acceptors (Lipinski definition) is 3. The third kappa shape index (κ3) is 4.16. The maximum Gasteiger partial charge on any atom is 0.227 e. The van der Waals surface area contributed by atoms with E-state index < -0.39 is 5.82 Å². The van der Waals surface area contributed by atoms with Crippen LogP contribution >= 0.6 is 0 Å². The van der Waals surface area contributed by atoms with Gasteiger partial charge in [-0.2, -0.15) is 0 Å². The molecular weight excluding hydrogens is 319 g/mol. The summed E-state index contributed by atoms with van der Waals surface area (Å²) in [4.78, 5) is 18.9. The molecule has 1 aromatic heterocycles. The van der Waals surface area contributed by atoms with E-state index >= 15 is 0 Å². The number of aromatic nitrogens is 1. The van der Waals surface area contributed by atoms with E-state index in [-0.39, 0.29) is 24.1 Å². The summed E-state index contributed by atoms with van der Waals surface area (Å²) >= 11 is 0. The van der Waals surface area contributed by atoms with Crippen molar-refractivity contribution in [3.05, 3.63) is 59.7 Å². The predicted octanol–water partition coefficient (Wildman–Crippen LogP) is 3.92. The molecule has 1 amide bonds. The quantitative estimate of drug-likeness (QED) is 0.846. The van der Waals surface area contributed by atoms with Crippen LogP contribution in [-0.4, -0.2) is 29.4 Å². The molecule has 0 aliphatic carbocycles. The molecule has 132 valence electrons. The maximum atomic E-state index is 13.9. The van der Waals surface area contributed by atoms with Gasteiger partial charge in [0.2, 0.25) is 5.91 Å². The number of nitrogens with zero attached hydrogens (tertiary/aromatic N) is 2. The van der Waals surface area contributed by atoms with Gasteiger partial charge in [0, 0.05) is 18.9 Å². The van der Waals surface area contributed by atoms with Crippen molar-refractivity contribution < 1.29 is 13.9 Å². The number of amides is 1. The van der Waals surface area contributed by atoms with Crippen molar-refractivity contribution in [2.45, 2.75) is 38.1 Å². The molecule has 1 aliphatic rings. The van der Waals surface area contributed by atoms with Gasteiger partial charge in [-0.3, -0.25) is 9.78 Å². The summed E-state index contributed by atoms with van der Waals surface area (Å²) in [7, 11) is 1.43. The Balaban J connectivity index is 1.79. The maximum absolute atomic E-state index is 13.9. The molecule has 3 rings (SSSR count). The first-order chi connectivity index (χ1) is 12.2. The lowest BCUT2D eigenvalue weighted by atomic mass is 10.0. The first-order valence-corrected chi connectivity index (χ1v) is 8.71. The lowest BCUT2D eigenvalue weighted by Gasteiger charge is -2.30. The van der Waals surface area contributed by atoms with Crippen molar-refractivity contribution in [1.29, 1.82) is 0 Å². The van der Waals surface area contributed by atoms with E-state index in [1.54, 1.807) is 24.5 Å². The number of likely N-dealkylation sites (tertiary alicyclic amines) is 1. The van der Waals surface area contributed by atoms with Gasteiger partial charge in [0.05, 0.1) is 19.6 Å². The van der Waals surface area contributed by atoms with Crippen LogP contribution < -0.4 is 4.74 Å². The molecule has 0 saturated carbocycles. The van der Waals surface area contributed by atoms with Crippen LogP contribution in [0, 0.1) is 5.82 Å². The Morgan fingerprint density at radius 2 is 2.04 bits per heavy atom. The van der Waals surface area contributed by atoms with Gasteiger partial charge in [0.1, 0.15) is 0 Å². The zero-order chi connectivity index (χ0) is 17.6. The van der Waals surface area contributed by atoms with Crippen molar-refractivity contribution in [2.75, 3.05) is 13.7 Å². The van der Waals surface area contributed by atoms with Gasteiger partial charge < -0.3 is 9.64 Å². The lowest BCUT2D eigenvalue weighted by molar-refractivity contribution is -0.132. The van der Waals surface area contributed by atoms with E-state index in [1.165, 1.54) is 13.2 Å². The molecule has 2 heterocycles. The Morgan fingerprint density at radius 3 is 2.76 bits per heavy atom. The third-order valence-corrected chi connectivity index (χ3v) is 4.74. The van der Waals surface area contributed by atoms with Gasteiger partial charge in [-0.05, 0) is 48.2 Å². The molecule has 0 unspecified atom stereocenters. The van der Waals surface area contributed by atoms with E-state index in [9.17, 15) is 9.18 Å². The van der Waals surface area contributed by atoms with E-state index in [1.807, 2.05) is 17.0 Å². The van der Waals surface area contributed by atoms with Crippen LogP contribution in [0.25, 0.3) is 0 Å². The highest BCUT2D eigenvalue weighted by molar-refractivity contribution is 5.79. The molecule has 25 heavy (non-hydrogen) atoms. The summed E-state index contributed by atoms with van der Waals surface area (Å²) in [6.45, 7) is 0.741. The van der Waals surface area contributed by atoms with Gasteiger partial charge in [-0.15, -0.1) is 0 Å². The van der Waals surface area contributed by atoms with Gasteiger partial charge >= 0.3 is 0 Å². The molecule has 0 spiro atoms. The largest absolute Gasteiger partial charge is 0.494 e. The van der Waals surface area contributed by atoms with Gasteiger partial charge in [0.15, 0.2) is 11.6 Å². The zero-order valence-corrected chi connectivity index (χ0v) is 14.5. The number of carbonyl (C=O) groups is 1. The first-order valence-electron chi connectivity index (χ1n) is 8.71. The predicted molar refractivity (Wildman–Crippen MR) is 93.8 cm³/mol. The third-order valence-electron chi connectivity index (χ3n) is 4.74. The van der Waals surface area contributed by atoms with Crippen LogP contribution in [0.4, 0.5) is 4.39 Å². The van der Waals surface area contributed by atoms with E-state index in [2.05, 4.69) is 4.98 Å². The molecule has 1 aliphatic heterocycles. The number of pyridine rings is 1. The highest BCUT2D eigenvalue weighted by atomic mass is 19.1. The van der Waals surface area contributed by atoms with Gasteiger partial charge in [0.25, 0.3) is 0 Å². The molecule has 0 radical (unpaired) electrons. The molecule has 4 nitrogen and oxygen atoms in total. The summed E-state index contributed by atoms with van der Waals surface area (Å²) in [6, 6.07) is 8.73. The van der Waals surface area contributed by atoms with E-state index in [0.717, 1.165) is 37.8 Å². The van der Waals surface area contributed by atoms with E-state index in [4.69, 9.17) is 4.74 Å². The molecule has 1 atom stereocenters. The SMILES string of the molecule is COc1ccc(CC(=O)N2CCCCC[C@H]2c2ccncc2)cc1F. The summed E-state index contributed by atoms with van der Waals surface area (Å²) in [5, 5.41) is 0. The Bertz CT molecular complexity index is 721. The number of halogens is 1. The van der Waals surface area contributed by atoms with Crippen molar-refractivity contribution in [2.24, 2.45) is 0 Å². The van der Waals surface area contributed by atoms with Crippen LogP contribution in [0.5, 0.6) is 5.75 Å². The number of carbonyl (C=O) groups excluding carboxylic acids is 1. The van der Waals surface area contributed by atoms with Crippen LogP contribution in [0.2, 0.25) is 0 Å². The minimum Gasteiger partial charge on any atom is -0.494 e. The first kappa shape index (κ1) is 17.4. The Labute approximate surface area is 147 Å². The van der Waals surface area contributed by atoms with E-state index in [0.29, 0.717) is 5.56 Å². The number of benzene rings is 1. The molecule has 1 saturated heterocycles. The van der Waals surface area contributed by atoms with Crippen molar-refractivity contribution in [1.82, 2.24) is 9.88 Å². The Morgan fingerprint density at radius 1 is 1.24 bits per heavy atom. The number of methoxy groups -OCH3 is 1. The van der Waals surface area contributed by atoms with Crippen LogP contribution in [0.3, 0.4) is 0 Å². The molecule has 0 N–H and O–H groups in total. The molecule has 5 heteroatoms. The van der Waals surface area contributed by atoms with Crippen molar-refractivity contribution in [3.8, 4) is 5.75 Å². The molecule has 1 fully saturated rings. The summed E-state index contributed by atoms with van der Waals surface area (Å²) in [5.74, 6) is -0.205.